The van der Waals surface area contributed by atoms with Gasteiger partial charge in [0.1, 0.15) is 6.10 Å². The summed E-state index contributed by atoms with van der Waals surface area (Å²) in [7, 11) is 0. The second-order valence-electron chi connectivity index (χ2n) is 12.3. The Morgan fingerprint density at radius 2 is 1.94 bits per heavy atom. The lowest BCUT2D eigenvalue weighted by molar-refractivity contribution is -0.157. The average Bonchev–Trinajstić information content (AvgIpc) is 3.27. The van der Waals surface area contributed by atoms with Crippen LogP contribution in [0.5, 0.6) is 0 Å². The maximum Gasteiger partial charge on any atom is 0.308 e. The zero-order chi connectivity index (χ0) is 23.5. The standard InChI is InChI=1S/C27H42O6/c1-15(28)22-13-23(30)25-20-5-4-16-10-18(33-24(31)12-19-11-17(29)14-32-19)6-8-26(16,2)21(20)7-9-27(22,25)3/h5,15-19,21-23,25,28-30H,4,6-14H2,1-3H3/t15?,16-,17+,18-,19?,21-,22+,23-,25+,26-,27+/m0/s1. The molecule has 0 aromatic rings. The molecule has 5 rings (SSSR count). The van der Waals surface area contributed by atoms with Gasteiger partial charge in [0.15, 0.2) is 0 Å². The summed E-state index contributed by atoms with van der Waals surface area (Å²) in [5, 5.41) is 31.1. The van der Waals surface area contributed by atoms with E-state index in [0.717, 1.165) is 38.5 Å². The van der Waals surface area contributed by atoms with Crippen molar-refractivity contribution in [2.75, 3.05) is 6.61 Å². The predicted molar refractivity (Wildman–Crippen MR) is 123 cm³/mol. The molecule has 0 radical (unpaired) electrons. The van der Waals surface area contributed by atoms with Gasteiger partial charge >= 0.3 is 5.97 Å². The number of aliphatic hydroxyl groups excluding tert-OH is 3. The van der Waals surface area contributed by atoms with E-state index in [1.54, 1.807) is 0 Å². The molecule has 6 heteroatoms. The highest BCUT2D eigenvalue weighted by atomic mass is 16.5. The van der Waals surface area contributed by atoms with Crippen LogP contribution in [-0.4, -0.2) is 58.4 Å². The van der Waals surface area contributed by atoms with Crippen molar-refractivity contribution in [3.05, 3.63) is 11.6 Å². The first-order valence-corrected chi connectivity index (χ1v) is 13.2. The zero-order valence-electron chi connectivity index (χ0n) is 20.4. The second-order valence-corrected chi connectivity index (χ2v) is 12.3. The first-order valence-electron chi connectivity index (χ1n) is 13.2. The smallest absolute Gasteiger partial charge is 0.308 e. The fourth-order valence-corrected chi connectivity index (χ4v) is 8.68. The number of carbonyl (C=O) groups is 1. The Hall–Kier alpha value is -0.950. The van der Waals surface area contributed by atoms with Crippen LogP contribution in [0, 0.1) is 34.5 Å². The monoisotopic (exact) mass is 462 g/mol. The molecular formula is C27H42O6. The van der Waals surface area contributed by atoms with E-state index in [1.165, 1.54) is 5.57 Å². The van der Waals surface area contributed by atoms with Crippen molar-refractivity contribution in [1.29, 1.82) is 0 Å². The van der Waals surface area contributed by atoms with E-state index in [4.69, 9.17) is 9.47 Å². The summed E-state index contributed by atoms with van der Waals surface area (Å²) in [5.74, 6) is 1.07. The SMILES string of the molecule is CC(O)[C@H]1C[C@H](O)[C@H]2C3=CC[C@H]4C[C@@H](OC(=O)CC5C[C@@H](O)CO5)CC[C@]4(C)[C@H]3CC[C@]12C. The molecule has 33 heavy (non-hydrogen) atoms. The number of fused-ring (bicyclic) bond motifs is 5. The number of hydrogen-bond acceptors (Lipinski definition) is 6. The Bertz CT molecular complexity index is 793. The van der Waals surface area contributed by atoms with Crippen molar-refractivity contribution in [2.24, 2.45) is 34.5 Å². The van der Waals surface area contributed by atoms with Gasteiger partial charge in [0, 0.05) is 12.3 Å². The molecule has 2 unspecified atom stereocenters. The van der Waals surface area contributed by atoms with Gasteiger partial charge < -0.3 is 24.8 Å². The Balaban J connectivity index is 1.27. The van der Waals surface area contributed by atoms with Crippen LogP contribution in [0.15, 0.2) is 11.6 Å². The lowest BCUT2D eigenvalue weighted by Crippen LogP contribution is -2.51. The van der Waals surface area contributed by atoms with Crippen LogP contribution < -0.4 is 0 Å². The van der Waals surface area contributed by atoms with Crippen molar-refractivity contribution in [1.82, 2.24) is 0 Å². The molecule has 3 saturated carbocycles. The van der Waals surface area contributed by atoms with Crippen LogP contribution in [0.2, 0.25) is 0 Å². The molecule has 4 fully saturated rings. The molecule has 3 N–H and O–H groups in total. The molecule has 0 aromatic carbocycles. The molecule has 5 aliphatic rings. The summed E-state index contributed by atoms with van der Waals surface area (Å²) in [6, 6.07) is 0. The highest BCUT2D eigenvalue weighted by Gasteiger charge is 2.61. The number of hydrogen-bond donors (Lipinski definition) is 3. The minimum atomic E-state index is -0.465. The van der Waals surface area contributed by atoms with Crippen LogP contribution in [0.25, 0.3) is 0 Å². The highest BCUT2D eigenvalue weighted by Crippen LogP contribution is 2.66. The number of esters is 1. The summed E-state index contributed by atoms with van der Waals surface area (Å²) in [5.41, 5.74) is 1.60. The third kappa shape index (κ3) is 3.99. The summed E-state index contributed by atoms with van der Waals surface area (Å²) in [6.45, 7) is 6.91. The number of allylic oxidation sites excluding steroid dienone is 1. The largest absolute Gasteiger partial charge is 0.462 e. The molecule has 1 saturated heterocycles. The van der Waals surface area contributed by atoms with Gasteiger partial charge in [-0.3, -0.25) is 4.79 Å². The van der Waals surface area contributed by atoms with Crippen molar-refractivity contribution >= 4 is 5.97 Å². The van der Waals surface area contributed by atoms with E-state index in [1.807, 2.05) is 6.92 Å². The van der Waals surface area contributed by atoms with Gasteiger partial charge in [-0.05, 0) is 80.5 Å². The summed E-state index contributed by atoms with van der Waals surface area (Å²) in [6.07, 6.45) is 8.34. The maximum atomic E-state index is 12.5. The van der Waals surface area contributed by atoms with Crippen molar-refractivity contribution in [2.45, 2.75) is 109 Å². The van der Waals surface area contributed by atoms with Crippen molar-refractivity contribution < 1.29 is 29.6 Å². The Labute approximate surface area is 197 Å². The van der Waals surface area contributed by atoms with E-state index >= 15 is 0 Å². The Morgan fingerprint density at radius 3 is 2.64 bits per heavy atom. The fourth-order valence-electron chi connectivity index (χ4n) is 8.68. The molecule has 186 valence electrons. The van der Waals surface area contributed by atoms with E-state index in [0.29, 0.717) is 31.3 Å². The van der Waals surface area contributed by atoms with Gasteiger partial charge in [-0.2, -0.15) is 0 Å². The lowest BCUT2D eigenvalue weighted by Gasteiger charge is -2.58. The van der Waals surface area contributed by atoms with E-state index in [2.05, 4.69) is 19.9 Å². The molecule has 11 atom stereocenters. The van der Waals surface area contributed by atoms with Crippen molar-refractivity contribution in [3.8, 4) is 0 Å². The number of ether oxygens (including phenoxy) is 2. The highest BCUT2D eigenvalue weighted by molar-refractivity contribution is 5.70. The Kier molecular flexibility index (Phi) is 6.21. The van der Waals surface area contributed by atoms with E-state index in [-0.39, 0.29) is 59.5 Å². The minimum absolute atomic E-state index is 0.0261. The number of carbonyl (C=O) groups excluding carboxylic acids is 1. The van der Waals surface area contributed by atoms with E-state index in [9.17, 15) is 20.1 Å². The van der Waals surface area contributed by atoms with Crippen LogP contribution in [0.4, 0.5) is 0 Å². The van der Waals surface area contributed by atoms with Crippen LogP contribution in [-0.2, 0) is 14.3 Å². The quantitative estimate of drug-likeness (QED) is 0.438. The number of rotatable bonds is 4. The molecule has 0 amide bonds. The maximum absolute atomic E-state index is 12.5. The molecule has 1 heterocycles. The average molecular weight is 463 g/mol. The minimum Gasteiger partial charge on any atom is -0.462 e. The molecular weight excluding hydrogens is 420 g/mol. The topological polar surface area (TPSA) is 96.2 Å². The molecule has 4 aliphatic carbocycles. The third-order valence-corrected chi connectivity index (χ3v) is 10.4. The molecule has 0 spiro atoms. The van der Waals surface area contributed by atoms with Gasteiger partial charge in [0.2, 0.25) is 0 Å². The van der Waals surface area contributed by atoms with Crippen LogP contribution in [0.3, 0.4) is 0 Å². The summed E-state index contributed by atoms with van der Waals surface area (Å²) < 4.78 is 11.3. The Morgan fingerprint density at radius 1 is 1.18 bits per heavy atom. The van der Waals surface area contributed by atoms with Gasteiger partial charge in [0.25, 0.3) is 0 Å². The first-order chi connectivity index (χ1) is 15.6. The van der Waals surface area contributed by atoms with Gasteiger partial charge in [-0.1, -0.05) is 25.5 Å². The van der Waals surface area contributed by atoms with Crippen LogP contribution >= 0.6 is 0 Å². The van der Waals surface area contributed by atoms with Gasteiger partial charge in [-0.15, -0.1) is 0 Å². The normalized spacial score (nSPS) is 50.1. The van der Waals surface area contributed by atoms with Gasteiger partial charge in [-0.25, -0.2) is 0 Å². The molecule has 6 nitrogen and oxygen atoms in total. The summed E-state index contributed by atoms with van der Waals surface area (Å²) in [4.78, 5) is 12.5. The first kappa shape index (κ1) is 23.8. The van der Waals surface area contributed by atoms with Crippen LogP contribution in [0.1, 0.15) is 78.6 Å². The second kappa shape index (κ2) is 8.61. The molecule has 0 bridgehead atoms. The fraction of sp³-hybridized carbons (Fsp3) is 0.889. The predicted octanol–water partition coefficient (Wildman–Crippen LogP) is 3.37. The summed E-state index contributed by atoms with van der Waals surface area (Å²) >= 11 is 0. The van der Waals surface area contributed by atoms with Gasteiger partial charge in [0.05, 0.1) is 37.4 Å². The van der Waals surface area contributed by atoms with E-state index < -0.39 is 6.10 Å². The molecule has 0 aromatic heterocycles. The number of aliphatic hydroxyl groups is 3. The molecule has 1 aliphatic heterocycles. The zero-order valence-corrected chi connectivity index (χ0v) is 20.4. The van der Waals surface area contributed by atoms with Crippen molar-refractivity contribution in [3.63, 3.8) is 0 Å². The lowest BCUT2D eigenvalue weighted by atomic mass is 9.47. The third-order valence-electron chi connectivity index (χ3n) is 10.4.